The second-order valence-electron chi connectivity index (χ2n) is 5.82. The highest BCUT2D eigenvalue weighted by atomic mass is 35.5. The lowest BCUT2D eigenvalue weighted by atomic mass is 10.1. The summed E-state index contributed by atoms with van der Waals surface area (Å²) in [5, 5.41) is 5.92. The van der Waals surface area contributed by atoms with Crippen molar-refractivity contribution in [2.75, 3.05) is 11.9 Å². The van der Waals surface area contributed by atoms with Gasteiger partial charge in [-0.25, -0.2) is 4.98 Å². The van der Waals surface area contributed by atoms with Crippen molar-refractivity contribution in [2.45, 2.75) is 0 Å². The van der Waals surface area contributed by atoms with E-state index in [9.17, 15) is 9.59 Å². The zero-order valence-electron chi connectivity index (χ0n) is 14.3. The van der Waals surface area contributed by atoms with Gasteiger partial charge < -0.3 is 9.15 Å². The molecular weight excluding hydrogens is 400 g/mol. The third-order valence-electron chi connectivity index (χ3n) is 3.95. The minimum Gasteiger partial charge on any atom is -0.484 e. The number of fused-ring (bicyclic) bond motifs is 1. The van der Waals surface area contributed by atoms with Crippen molar-refractivity contribution in [2.24, 2.45) is 0 Å². The second-order valence-corrected chi connectivity index (χ2v) is 7.15. The van der Waals surface area contributed by atoms with Crippen LogP contribution in [0.4, 0.5) is 5.13 Å². The van der Waals surface area contributed by atoms with Crippen molar-refractivity contribution >= 4 is 44.9 Å². The van der Waals surface area contributed by atoms with Crippen LogP contribution in [-0.2, 0) is 4.79 Å². The number of rotatable bonds is 5. The lowest BCUT2D eigenvalue weighted by molar-refractivity contribution is -0.118. The predicted molar refractivity (Wildman–Crippen MR) is 109 cm³/mol. The Morgan fingerprint density at radius 2 is 2.04 bits per heavy atom. The molecule has 0 fully saturated rings. The highest BCUT2D eigenvalue weighted by Gasteiger charge is 2.11. The van der Waals surface area contributed by atoms with Gasteiger partial charge in [-0.1, -0.05) is 23.7 Å². The minimum atomic E-state index is -0.324. The number of amides is 1. The minimum absolute atomic E-state index is 0.156. The summed E-state index contributed by atoms with van der Waals surface area (Å²) in [4.78, 5) is 28.6. The number of thiazole rings is 1. The van der Waals surface area contributed by atoms with Crippen LogP contribution in [0.25, 0.3) is 22.1 Å². The van der Waals surface area contributed by atoms with Gasteiger partial charge in [0.15, 0.2) is 17.2 Å². The topological polar surface area (TPSA) is 81.4 Å². The number of aromatic nitrogens is 1. The number of carbonyl (C=O) groups is 1. The summed E-state index contributed by atoms with van der Waals surface area (Å²) < 4.78 is 11.1. The fraction of sp³-hybridized carbons (Fsp3) is 0.0500. The molecule has 0 spiro atoms. The van der Waals surface area contributed by atoms with E-state index < -0.39 is 0 Å². The summed E-state index contributed by atoms with van der Waals surface area (Å²) in [6.07, 6.45) is 3.01. The normalized spacial score (nSPS) is 10.8. The van der Waals surface area contributed by atoms with E-state index in [2.05, 4.69) is 10.3 Å². The lowest BCUT2D eigenvalue weighted by Gasteiger charge is -2.07. The molecule has 0 atom stereocenters. The number of hydrogen-bond acceptors (Lipinski definition) is 6. The third kappa shape index (κ3) is 3.90. The van der Waals surface area contributed by atoms with Gasteiger partial charge in [-0.2, -0.15) is 0 Å². The van der Waals surface area contributed by atoms with Crippen LogP contribution in [0.15, 0.2) is 69.5 Å². The van der Waals surface area contributed by atoms with Crippen molar-refractivity contribution in [1.82, 2.24) is 4.98 Å². The number of hydrogen-bond donors (Lipinski definition) is 1. The van der Waals surface area contributed by atoms with E-state index in [1.165, 1.54) is 17.6 Å². The van der Waals surface area contributed by atoms with Crippen LogP contribution in [0, 0.1) is 0 Å². The Morgan fingerprint density at radius 3 is 2.79 bits per heavy atom. The molecule has 0 aliphatic heterocycles. The monoisotopic (exact) mass is 412 g/mol. The molecule has 0 aliphatic carbocycles. The molecule has 8 heteroatoms. The van der Waals surface area contributed by atoms with Gasteiger partial charge >= 0.3 is 0 Å². The Labute approximate surface area is 168 Å². The number of carbonyl (C=O) groups excluding carboxylic acids is 1. The van der Waals surface area contributed by atoms with Gasteiger partial charge in [0.25, 0.3) is 5.91 Å². The molecule has 4 aromatic rings. The fourth-order valence-electron chi connectivity index (χ4n) is 2.62. The molecule has 0 radical (unpaired) electrons. The van der Waals surface area contributed by atoms with Crippen LogP contribution < -0.4 is 15.5 Å². The van der Waals surface area contributed by atoms with Crippen LogP contribution in [0.2, 0.25) is 5.02 Å². The SMILES string of the molecule is O=C(COc1ccc2c(=O)c(-c3ccc(Cl)cc3)coc2c1)Nc1nccs1. The van der Waals surface area contributed by atoms with Crippen molar-refractivity contribution in [3.8, 4) is 16.9 Å². The first-order valence-electron chi connectivity index (χ1n) is 8.24. The van der Waals surface area contributed by atoms with Gasteiger partial charge in [-0.05, 0) is 29.8 Å². The van der Waals surface area contributed by atoms with E-state index in [4.69, 9.17) is 20.8 Å². The molecule has 2 aromatic carbocycles. The smallest absolute Gasteiger partial charge is 0.264 e. The standard InChI is InChI=1S/C20H13ClN2O4S/c21-13-3-1-12(2-4-13)16-10-27-17-9-14(5-6-15(17)19(16)25)26-11-18(24)23-20-22-7-8-28-20/h1-10H,11H2,(H,22,23,24). The largest absolute Gasteiger partial charge is 0.484 e. The zero-order valence-corrected chi connectivity index (χ0v) is 15.9. The van der Waals surface area contributed by atoms with E-state index in [0.29, 0.717) is 32.4 Å². The van der Waals surface area contributed by atoms with Crippen molar-refractivity contribution in [3.63, 3.8) is 0 Å². The maximum Gasteiger partial charge on any atom is 0.264 e. The van der Waals surface area contributed by atoms with E-state index >= 15 is 0 Å². The molecule has 0 aliphatic rings. The zero-order chi connectivity index (χ0) is 19.5. The summed E-state index contributed by atoms with van der Waals surface area (Å²) >= 11 is 7.22. The van der Waals surface area contributed by atoms with E-state index in [0.717, 1.165) is 5.56 Å². The van der Waals surface area contributed by atoms with Gasteiger partial charge in [-0.3, -0.25) is 14.9 Å². The van der Waals surface area contributed by atoms with Crippen LogP contribution >= 0.6 is 22.9 Å². The predicted octanol–water partition coefficient (Wildman–Crippen LogP) is 4.59. The van der Waals surface area contributed by atoms with E-state index in [1.807, 2.05) is 0 Å². The number of ether oxygens (including phenoxy) is 1. The molecule has 4 rings (SSSR count). The summed E-state index contributed by atoms with van der Waals surface area (Å²) in [5.74, 6) is 0.0961. The molecule has 1 amide bonds. The molecular formula is C20H13ClN2O4S. The molecule has 0 unspecified atom stereocenters. The average molecular weight is 413 g/mol. The highest BCUT2D eigenvalue weighted by Crippen LogP contribution is 2.24. The molecule has 0 saturated carbocycles. The van der Waals surface area contributed by atoms with Gasteiger partial charge in [0, 0.05) is 22.7 Å². The fourth-order valence-corrected chi connectivity index (χ4v) is 3.29. The summed E-state index contributed by atoms with van der Waals surface area (Å²) in [6, 6.07) is 11.8. The molecule has 1 N–H and O–H groups in total. The second kappa shape index (κ2) is 7.84. The quantitative estimate of drug-likeness (QED) is 0.518. The van der Waals surface area contributed by atoms with Gasteiger partial charge in [-0.15, -0.1) is 11.3 Å². The summed E-state index contributed by atoms with van der Waals surface area (Å²) in [7, 11) is 0. The van der Waals surface area contributed by atoms with Crippen molar-refractivity contribution < 1.29 is 13.9 Å². The maximum atomic E-state index is 12.8. The molecule has 6 nitrogen and oxygen atoms in total. The van der Waals surface area contributed by atoms with Gasteiger partial charge in [0.05, 0.1) is 10.9 Å². The molecule has 0 saturated heterocycles. The van der Waals surface area contributed by atoms with Gasteiger partial charge in [0.2, 0.25) is 0 Å². The van der Waals surface area contributed by atoms with Crippen LogP contribution in [0.3, 0.4) is 0 Å². The number of benzene rings is 2. The first-order chi connectivity index (χ1) is 13.6. The number of halogens is 1. The van der Waals surface area contributed by atoms with E-state index in [1.54, 1.807) is 54.0 Å². The van der Waals surface area contributed by atoms with Crippen LogP contribution in [0.5, 0.6) is 5.75 Å². The Kier molecular flexibility index (Phi) is 5.10. The van der Waals surface area contributed by atoms with E-state index in [-0.39, 0.29) is 17.9 Å². The number of nitrogens with zero attached hydrogens (tertiary/aromatic N) is 1. The Bertz CT molecular complexity index is 1190. The van der Waals surface area contributed by atoms with Crippen LogP contribution in [-0.4, -0.2) is 17.5 Å². The first kappa shape index (κ1) is 18.2. The first-order valence-corrected chi connectivity index (χ1v) is 9.49. The average Bonchev–Trinajstić information content (AvgIpc) is 3.20. The van der Waals surface area contributed by atoms with Crippen molar-refractivity contribution in [1.29, 1.82) is 0 Å². The summed E-state index contributed by atoms with van der Waals surface area (Å²) in [5.41, 5.74) is 1.39. The van der Waals surface area contributed by atoms with Crippen LogP contribution in [0.1, 0.15) is 0 Å². The summed E-state index contributed by atoms with van der Waals surface area (Å²) in [6.45, 7) is -0.182. The number of anilines is 1. The molecule has 28 heavy (non-hydrogen) atoms. The highest BCUT2D eigenvalue weighted by molar-refractivity contribution is 7.13. The Balaban J connectivity index is 1.53. The van der Waals surface area contributed by atoms with Gasteiger partial charge in [0.1, 0.15) is 17.6 Å². The molecule has 0 bridgehead atoms. The number of nitrogens with one attached hydrogen (secondary N) is 1. The maximum absolute atomic E-state index is 12.8. The lowest BCUT2D eigenvalue weighted by Crippen LogP contribution is -2.20. The van der Waals surface area contributed by atoms with Crippen molar-refractivity contribution in [3.05, 3.63) is 75.6 Å². The Morgan fingerprint density at radius 1 is 1.21 bits per heavy atom. The molecule has 140 valence electrons. The molecule has 2 aromatic heterocycles. The Hall–Kier alpha value is -3.16. The third-order valence-corrected chi connectivity index (χ3v) is 4.89. The molecule has 2 heterocycles.